The van der Waals surface area contributed by atoms with Crippen molar-refractivity contribution >= 4 is 11.8 Å². The van der Waals surface area contributed by atoms with Gasteiger partial charge in [-0.3, -0.25) is 0 Å². The van der Waals surface area contributed by atoms with Crippen LogP contribution in [0, 0.1) is 11.6 Å². The summed E-state index contributed by atoms with van der Waals surface area (Å²) in [5.41, 5.74) is -0.567. The van der Waals surface area contributed by atoms with E-state index in [0.29, 0.717) is 28.9 Å². The Morgan fingerprint density at radius 2 is 1.89 bits per heavy atom. The van der Waals surface area contributed by atoms with Gasteiger partial charge in [0, 0.05) is 16.9 Å². The number of thioether (sulfide) groups is 1. The summed E-state index contributed by atoms with van der Waals surface area (Å²) in [4.78, 5) is 0. The second kappa shape index (κ2) is 5.06. The Balaban J connectivity index is 1.80. The van der Waals surface area contributed by atoms with E-state index in [1.807, 2.05) is 11.8 Å². The molecule has 1 aromatic carbocycles. The van der Waals surface area contributed by atoms with Crippen molar-refractivity contribution in [1.29, 1.82) is 0 Å². The lowest BCUT2D eigenvalue weighted by molar-refractivity contribution is 0.0121. The monoisotopic (exact) mass is 284 g/mol. The maximum absolute atomic E-state index is 13.7. The van der Waals surface area contributed by atoms with Crippen LogP contribution in [0.15, 0.2) is 18.2 Å². The van der Waals surface area contributed by atoms with E-state index in [-0.39, 0.29) is 6.42 Å². The first-order chi connectivity index (χ1) is 9.06. The molecule has 1 aromatic rings. The first kappa shape index (κ1) is 13.4. The van der Waals surface area contributed by atoms with Crippen LogP contribution in [0.4, 0.5) is 8.78 Å². The van der Waals surface area contributed by atoms with Crippen LogP contribution >= 0.6 is 11.8 Å². The average molecular weight is 284 g/mol. The Kier molecular flexibility index (Phi) is 3.56. The first-order valence-corrected chi connectivity index (χ1v) is 7.81. The lowest BCUT2D eigenvalue weighted by Crippen LogP contribution is -2.44. The highest BCUT2D eigenvalue weighted by atomic mass is 32.2. The molecular formula is C15H18F2OS. The third kappa shape index (κ3) is 2.79. The van der Waals surface area contributed by atoms with E-state index < -0.39 is 17.2 Å². The van der Waals surface area contributed by atoms with E-state index in [2.05, 4.69) is 0 Å². The smallest absolute Gasteiger partial charge is 0.162 e. The van der Waals surface area contributed by atoms with Gasteiger partial charge < -0.3 is 5.11 Å². The van der Waals surface area contributed by atoms with Crippen molar-refractivity contribution in [3.8, 4) is 0 Å². The number of hydrogen-bond donors (Lipinski definition) is 1. The fourth-order valence-corrected chi connectivity index (χ4v) is 5.36. The van der Waals surface area contributed by atoms with E-state index in [0.717, 1.165) is 18.9 Å². The van der Waals surface area contributed by atoms with Gasteiger partial charge in [0.05, 0.1) is 5.60 Å². The predicted molar refractivity (Wildman–Crippen MR) is 73.3 cm³/mol. The molecule has 0 aromatic heterocycles. The summed E-state index contributed by atoms with van der Waals surface area (Å²) in [5.74, 6) is -1.63. The van der Waals surface area contributed by atoms with E-state index >= 15 is 0 Å². The standard InChI is InChI=1S/C15H18F2OS/c16-13-6-1-3-10(14(13)17)7-15(18)8-11-4-2-5-12(9-15)19-11/h1,3,6,11-12,18H,2,4-5,7-9H2. The van der Waals surface area contributed by atoms with E-state index in [1.54, 1.807) is 6.07 Å². The van der Waals surface area contributed by atoms with Gasteiger partial charge in [0.1, 0.15) is 0 Å². The van der Waals surface area contributed by atoms with Gasteiger partial charge in [-0.1, -0.05) is 18.6 Å². The van der Waals surface area contributed by atoms with Gasteiger partial charge in [0.25, 0.3) is 0 Å². The second-order valence-corrected chi connectivity index (χ2v) is 7.44. The summed E-state index contributed by atoms with van der Waals surface area (Å²) in [6.45, 7) is 0. The molecule has 2 aliphatic heterocycles. The van der Waals surface area contributed by atoms with E-state index in [1.165, 1.54) is 12.5 Å². The van der Waals surface area contributed by atoms with E-state index in [9.17, 15) is 13.9 Å². The zero-order chi connectivity index (χ0) is 13.5. The molecule has 0 aliphatic carbocycles. The summed E-state index contributed by atoms with van der Waals surface area (Å²) < 4.78 is 27.0. The molecule has 0 saturated carbocycles. The summed E-state index contributed by atoms with van der Waals surface area (Å²) in [5, 5.41) is 11.7. The molecule has 3 rings (SSSR count). The van der Waals surface area contributed by atoms with Crippen LogP contribution in [0.25, 0.3) is 0 Å². The average Bonchev–Trinajstić information content (AvgIpc) is 2.34. The minimum Gasteiger partial charge on any atom is -0.389 e. The van der Waals surface area contributed by atoms with Crippen molar-refractivity contribution in [3.05, 3.63) is 35.4 Å². The van der Waals surface area contributed by atoms with Gasteiger partial charge in [-0.2, -0.15) is 11.8 Å². The number of rotatable bonds is 2. The van der Waals surface area contributed by atoms with Gasteiger partial charge in [-0.15, -0.1) is 0 Å². The number of benzene rings is 1. The normalized spacial score (nSPS) is 34.3. The van der Waals surface area contributed by atoms with Crippen LogP contribution in [-0.4, -0.2) is 21.2 Å². The van der Waals surface area contributed by atoms with Crippen LogP contribution in [0.2, 0.25) is 0 Å². The van der Waals surface area contributed by atoms with Gasteiger partial charge in [0.15, 0.2) is 11.6 Å². The van der Waals surface area contributed by atoms with Crippen LogP contribution in [0.3, 0.4) is 0 Å². The van der Waals surface area contributed by atoms with Crippen molar-refractivity contribution < 1.29 is 13.9 Å². The van der Waals surface area contributed by atoms with Crippen LogP contribution in [-0.2, 0) is 6.42 Å². The van der Waals surface area contributed by atoms with Crippen molar-refractivity contribution in [2.75, 3.05) is 0 Å². The molecule has 2 bridgehead atoms. The topological polar surface area (TPSA) is 20.2 Å². The lowest BCUT2D eigenvalue weighted by Gasteiger charge is -2.44. The van der Waals surface area contributed by atoms with Gasteiger partial charge >= 0.3 is 0 Å². The maximum atomic E-state index is 13.7. The fourth-order valence-electron chi connectivity index (χ4n) is 3.40. The number of aliphatic hydroxyl groups is 1. The zero-order valence-corrected chi connectivity index (χ0v) is 11.6. The van der Waals surface area contributed by atoms with Gasteiger partial charge in [-0.25, -0.2) is 8.78 Å². The van der Waals surface area contributed by atoms with Gasteiger partial charge in [-0.05, 0) is 37.3 Å². The molecule has 0 spiro atoms. The lowest BCUT2D eigenvalue weighted by atomic mass is 9.81. The Morgan fingerprint density at radius 3 is 2.58 bits per heavy atom. The molecule has 4 heteroatoms. The molecule has 19 heavy (non-hydrogen) atoms. The molecule has 1 N–H and O–H groups in total. The molecule has 1 nitrogen and oxygen atoms in total. The van der Waals surface area contributed by atoms with E-state index in [4.69, 9.17) is 0 Å². The molecule has 2 atom stereocenters. The van der Waals surface area contributed by atoms with Gasteiger partial charge in [0.2, 0.25) is 0 Å². The quantitative estimate of drug-likeness (QED) is 0.894. The molecular weight excluding hydrogens is 266 g/mol. The molecule has 0 radical (unpaired) electrons. The molecule has 2 aliphatic rings. The highest BCUT2D eigenvalue weighted by Gasteiger charge is 2.41. The van der Waals surface area contributed by atoms with Crippen molar-refractivity contribution in [3.63, 3.8) is 0 Å². The Hall–Kier alpha value is -0.610. The van der Waals surface area contributed by atoms with Crippen LogP contribution in [0.5, 0.6) is 0 Å². The molecule has 2 heterocycles. The third-order valence-electron chi connectivity index (χ3n) is 4.20. The highest BCUT2D eigenvalue weighted by Crippen LogP contribution is 2.46. The SMILES string of the molecule is OC1(Cc2cccc(F)c2F)CC2CCCC(C1)S2. The van der Waals surface area contributed by atoms with Crippen molar-refractivity contribution in [2.24, 2.45) is 0 Å². The summed E-state index contributed by atoms with van der Waals surface area (Å²) in [7, 11) is 0. The summed E-state index contributed by atoms with van der Waals surface area (Å²) >= 11 is 1.97. The fraction of sp³-hybridized carbons (Fsp3) is 0.600. The number of fused-ring (bicyclic) bond motifs is 2. The predicted octanol–water partition coefficient (Wildman–Crippen LogP) is 3.69. The first-order valence-electron chi connectivity index (χ1n) is 6.86. The molecule has 2 saturated heterocycles. The number of halogens is 2. The minimum atomic E-state index is -0.865. The molecule has 104 valence electrons. The summed E-state index contributed by atoms with van der Waals surface area (Å²) in [6, 6.07) is 4.21. The highest BCUT2D eigenvalue weighted by molar-refractivity contribution is 8.00. The second-order valence-electron chi connectivity index (χ2n) is 5.83. The Bertz CT molecular complexity index is 465. The van der Waals surface area contributed by atoms with Crippen LogP contribution in [0.1, 0.15) is 37.7 Å². The molecule has 2 unspecified atom stereocenters. The summed E-state index contributed by atoms with van der Waals surface area (Å²) in [6.07, 6.45) is 5.12. The maximum Gasteiger partial charge on any atom is 0.162 e. The minimum absolute atomic E-state index is 0.226. The number of hydrogen-bond acceptors (Lipinski definition) is 2. The molecule has 0 amide bonds. The largest absolute Gasteiger partial charge is 0.389 e. The van der Waals surface area contributed by atoms with Crippen molar-refractivity contribution in [2.45, 2.75) is 54.6 Å². The van der Waals surface area contributed by atoms with Crippen LogP contribution < -0.4 is 0 Å². The molecule has 2 fully saturated rings. The van der Waals surface area contributed by atoms with Crippen molar-refractivity contribution in [1.82, 2.24) is 0 Å². The third-order valence-corrected chi connectivity index (χ3v) is 5.78. The Morgan fingerprint density at radius 1 is 1.21 bits per heavy atom. The Labute approximate surface area is 116 Å². The zero-order valence-electron chi connectivity index (χ0n) is 10.7.